The lowest BCUT2D eigenvalue weighted by molar-refractivity contribution is 0.0355. The molecule has 4 rings (SSSR count). The molecule has 1 aromatic heterocycles. The van der Waals surface area contributed by atoms with Gasteiger partial charge in [-0.25, -0.2) is 14.4 Å². The van der Waals surface area contributed by atoms with Crippen LogP contribution >= 0.6 is 11.6 Å². The van der Waals surface area contributed by atoms with Crippen LogP contribution in [0.3, 0.4) is 0 Å². The van der Waals surface area contributed by atoms with Crippen molar-refractivity contribution < 1.29 is 14.3 Å². The quantitative estimate of drug-likeness (QED) is 0.740. The molecular weight excluding hydrogens is 431 g/mol. The Balaban J connectivity index is 1.36. The van der Waals surface area contributed by atoms with Crippen molar-refractivity contribution in [3.05, 3.63) is 57.9 Å². The van der Waals surface area contributed by atoms with E-state index < -0.39 is 5.82 Å². The van der Waals surface area contributed by atoms with Gasteiger partial charge in [0.05, 0.1) is 11.1 Å². The molecule has 0 bridgehead atoms. The van der Waals surface area contributed by atoms with Crippen LogP contribution in [0.2, 0.25) is 5.02 Å². The van der Waals surface area contributed by atoms with Gasteiger partial charge < -0.3 is 14.9 Å². The van der Waals surface area contributed by atoms with Crippen LogP contribution in [-0.2, 0) is 12.8 Å². The molecule has 2 aromatic rings. The smallest absolute Gasteiger partial charge is 0.272 e. The first-order chi connectivity index (χ1) is 15.4. The highest BCUT2D eigenvalue weighted by Crippen LogP contribution is 2.23. The van der Waals surface area contributed by atoms with E-state index >= 15 is 0 Å². The third-order valence-corrected chi connectivity index (χ3v) is 7.08. The second kappa shape index (κ2) is 10.2. The summed E-state index contributed by atoms with van der Waals surface area (Å²) in [5.74, 6) is -0.466. The fourth-order valence-electron chi connectivity index (χ4n) is 4.75. The lowest BCUT2D eigenvalue weighted by Crippen LogP contribution is -2.49. The fourth-order valence-corrected chi connectivity index (χ4v) is 4.95. The topological polar surface area (TPSA) is 69.6 Å². The second-order valence-corrected chi connectivity index (χ2v) is 9.24. The highest BCUT2D eigenvalue weighted by Gasteiger charge is 2.30. The summed E-state index contributed by atoms with van der Waals surface area (Å²) in [5, 5.41) is 9.84. The van der Waals surface area contributed by atoms with Gasteiger partial charge in [-0.2, -0.15) is 0 Å². The van der Waals surface area contributed by atoms with Crippen LogP contribution < -0.4 is 0 Å². The molecule has 8 heteroatoms. The second-order valence-electron chi connectivity index (χ2n) is 8.83. The van der Waals surface area contributed by atoms with Gasteiger partial charge in [-0.05, 0) is 63.1 Å². The van der Waals surface area contributed by atoms with Crippen molar-refractivity contribution in [1.29, 1.82) is 0 Å². The van der Waals surface area contributed by atoms with E-state index in [2.05, 4.69) is 14.9 Å². The molecular formula is C24H30ClFN4O2. The van der Waals surface area contributed by atoms with Crippen LogP contribution in [0.15, 0.2) is 24.5 Å². The molecule has 1 N–H and O–H groups in total. The molecule has 0 aliphatic carbocycles. The predicted molar refractivity (Wildman–Crippen MR) is 121 cm³/mol. The van der Waals surface area contributed by atoms with Crippen molar-refractivity contribution in [3.8, 4) is 0 Å². The van der Waals surface area contributed by atoms with Crippen molar-refractivity contribution in [2.75, 3.05) is 26.2 Å². The third kappa shape index (κ3) is 5.27. The maximum absolute atomic E-state index is 13.4. The van der Waals surface area contributed by atoms with Gasteiger partial charge in [-0.3, -0.25) is 4.79 Å². The van der Waals surface area contributed by atoms with E-state index in [0.29, 0.717) is 24.6 Å². The van der Waals surface area contributed by atoms with E-state index in [1.807, 2.05) is 11.8 Å². The standard InChI is InChI=1S/C24H30ClFN4O2/c1-16-22(5-3-17-2-4-21(26)20(25)14-17)27-15-28-23(16)24(32)30-10-6-18(7-11-30)29-12-8-19(31)9-13-29/h2,4,14-15,18-19,31H,3,5-13H2,1H3. The first kappa shape index (κ1) is 23.1. The molecule has 0 unspecified atom stereocenters. The lowest BCUT2D eigenvalue weighted by atomic mass is 9.98. The van der Waals surface area contributed by atoms with Crippen molar-refractivity contribution in [2.24, 2.45) is 0 Å². The van der Waals surface area contributed by atoms with Crippen LogP contribution in [0.4, 0.5) is 4.39 Å². The van der Waals surface area contributed by atoms with Crippen molar-refractivity contribution in [2.45, 2.75) is 57.6 Å². The van der Waals surface area contributed by atoms with Crippen LogP contribution in [0.25, 0.3) is 0 Å². The molecule has 0 radical (unpaired) electrons. The van der Waals surface area contributed by atoms with E-state index in [0.717, 1.165) is 68.7 Å². The first-order valence-electron chi connectivity index (χ1n) is 11.4. The summed E-state index contributed by atoms with van der Waals surface area (Å²) >= 11 is 5.88. The summed E-state index contributed by atoms with van der Waals surface area (Å²) in [6.07, 6.45) is 6.15. The molecule has 0 saturated carbocycles. The highest BCUT2D eigenvalue weighted by molar-refractivity contribution is 6.30. The number of aliphatic hydroxyl groups is 1. The number of halogens is 2. The summed E-state index contributed by atoms with van der Waals surface area (Å²) in [4.78, 5) is 26.2. The number of rotatable bonds is 5. The van der Waals surface area contributed by atoms with E-state index in [1.54, 1.807) is 12.1 Å². The minimum atomic E-state index is -0.428. The number of hydrogen-bond acceptors (Lipinski definition) is 5. The summed E-state index contributed by atoms with van der Waals surface area (Å²) in [5.41, 5.74) is 3.02. The van der Waals surface area contributed by atoms with Gasteiger partial charge in [0.2, 0.25) is 0 Å². The average molecular weight is 461 g/mol. The zero-order chi connectivity index (χ0) is 22.7. The monoisotopic (exact) mass is 460 g/mol. The van der Waals surface area contributed by atoms with Gasteiger partial charge >= 0.3 is 0 Å². The van der Waals surface area contributed by atoms with Gasteiger partial charge in [0.15, 0.2) is 0 Å². The van der Waals surface area contributed by atoms with Crippen LogP contribution in [0, 0.1) is 12.7 Å². The molecule has 6 nitrogen and oxygen atoms in total. The number of amides is 1. The largest absolute Gasteiger partial charge is 0.393 e. The number of piperidine rings is 2. The average Bonchev–Trinajstić information content (AvgIpc) is 2.81. The SMILES string of the molecule is Cc1c(CCc2ccc(F)c(Cl)c2)ncnc1C(=O)N1CCC(N2CCC(O)CC2)CC1. The summed E-state index contributed by atoms with van der Waals surface area (Å²) in [6.45, 7) is 5.21. The maximum atomic E-state index is 13.4. The number of aliphatic hydroxyl groups excluding tert-OH is 1. The van der Waals surface area contributed by atoms with Crippen molar-refractivity contribution in [1.82, 2.24) is 19.8 Å². The van der Waals surface area contributed by atoms with Gasteiger partial charge in [-0.15, -0.1) is 0 Å². The normalized spacial score (nSPS) is 18.8. The maximum Gasteiger partial charge on any atom is 0.272 e. The number of aromatic nitrogens is 2. The van der Waals surface area contributed by atoms with Gasteiger partial charge in [0.1, 0.15) is 17.8 Å². The molecule has 2 fully saturated rings. The van der Waals surface area contributed by atoms with Gasteiger partial charge in [0, 0.05) is 43.5 Å². The van der Waals surface area contributed by atoms with Gasteiger partial charge in [0.25, 0.3) is 5.91 Å². The number of benzene rings is 1. The van der Waals surface area contributed by atoms with Crippen LogP contribution in [0.1, 0.15) is 53.0 Å². The van der Waals surface area contributed by atoms with E-state index in [4.69, 9.17) is 11.6 Å². The Morgan fingerprint density at radius 3 is 2.53 bits per heavy atom. The zero-order valence-electron chi connectivity index (χ0n) is 18.4. The lowest BCUT2D eigenvalue weighted by Gasteiger charge is -2.41. The van der Waals surface area contributed by atoms with Gasteiger partial charge in [-0.1, -0.05) is 17.7 Å². The van der Waals surface area contributed by atoms with Crippen LogP contribution in [-0.4, -0.2) is 69.1 Å². The first-order valence-corrected chi connectivity index (χ1v) is 11.8. The minimum Gasteiger partial charge on any atom is -0.393 e. The molecule has 2 aliphatic heterocycles. The highest BCUT2D eigenvalue weighted by atomic mass is 35.5. The Kier molecular flexibility index (Phi) is 7.38. The van der Waals surface area contributed by atoms with Crippen molar-refractivity contribution >= 4 is 17.5 Å². The predicted octanol–water partition coefficient (Wildman–Crippen LogP) is 3.42. The van der Waals surface area contributed by atoms with E-state index in [9.17, 15) is 14.3 Å². The number of nitrogens with zero attached hydrogens (tertiary/aromatic N) is 4. The molecule has 0 atom stereocenters. The summed E-state index contributed by atoms with van der Waals surface area (Å²) in [6, 6.07) is 5.20. The zero-order valence-corrected chi connectivity index (χ0v) is 19.2. The third-order valence-electron chi connectivity index (χ3n) is 6.79. The van der Waals surface area contributed by atoms with E-state index in [1.165, 1.54) is 12.4 Å². The van der Waals surface area contributed by atoms with Crippen molar-refractivity contribution in [3.63, 3.8) is 0 Å². The molecule has 172 valence electrons. The molecule has 1 aromatic carbocycles. The fraction of sp³-hybridized carbons (Fsp3) is 0.542. The molecule has 2 aliphatic rings. The summed E-state index contributed by atoms with van der Waals surface area (Å²) in [7, 11) is 0. The molecule has 3 heterocycles. The molecule has 2 saturated heterocycles. The Morgan fingerprint density at radius 1 is 1.12 bits per heavy atom. The summed E-state index contributed by atoms with van der Waals surface area (Å²) < 4.78 is 13.4. The van der Waals surface area contributed by atoms with E-state index in [-0.39, 0.29) is 17.0 Å². The number of carbonyl (C=O) groups excluding carboxylic acids is 1. The molecule has 1 amide bonds. The molecule has 0 spiro atoms. The number of carbonyl (C=O) groups is 1. The Labute approximate surface area is 193 Å². The minimum absolute atomic E-state index is 0.0384. The number of hydrogen-bond donors (Lipinski definition) is 1. The Hall–Kier alpha value is -2.09. The Morgan fingerprint density at radius 2 is 1.84 bits per heavy atom. The Bertz CT molecular complexity index is 957. The molecule has 32 heavy (non-hydrogen) atoms. The number of likely N-dealkylation sites (tertiary alicyclic amines) is 2. The number of aryl methyl sites for hydroxylation is 2. The van der Waals surface area contributed by atoms with Crippen LogP contribution in [0.5, 0.6) is 0 Å².